The van der Waals surface area contributed by atoms with Crippen molar-refractivity contribution in [2.24, 2.45) is 5.92 Å². The lowest BCUT2D eigenvalue weighted by molar-refractivity contribution is -0.145. The maximum Gasteiger partial charge on any atom is 0.313 e. The summed E-state index contributed by atoms with van der Waals surface area (Å²) < 4.78 is 5.09. The van der Waals surface area contributed by atoms with E-state index in [1.54, 1.807) is 25.3 Å². The lowest BCUT2D eigenvalue weighted by Crippen LogP contribution is -2.20. The van der Waals surface area contributed by atoms with Gasteiger partial charge in [-0.3, -0.25) is 4.79 Å². The van der Waals surface area contributed by atoms with E-state index in [9.17, 15) is 4.79 Å². The Labute approximate surface area is 121 Å². The van der Waals surface area contributed by atoms with Crippen molar-refractivity contribution in [3.63, 3.8) is 0 Å². The van der Waals surface area contributed by atoms with Crippen LogP contribution in [0.1, 0.15) is 18.9 Å². The molecule has 0 N–H and O–H groups in total. The van der Waals surface area contributed by atoms with Gasteiger partial charge in [-0.2, -0.15) is 0 Å². The molecule has 1 aliphatic carbocycles. The molecule has 0 aromatic carbocycles. The van der Waals surface area contributed by atoms with Crippen LogP contribution in [0.25, 0.3) is 5.57 Å². The smallest absolute Gasteiger partial charge is 0.313 e. The summed E-state index contributed by atoms with van der Waals surface area (Å²) in [5, 5.41) is 1.03. The summed E-state index contributed by atoms with van der Waals surface area (Å²) in [4.78, 5) is 16.0. The van der Waals surface area contributed by atoms with E-state index in [1.807, 2.05) is 12.1 Å². The molecule has 0 saturated carbocycles. The summed E-state index contributed by atoms with van der Waals surface area (Å²) >= 11 is 11.8. The first-order valence-corrected chi connectivity index (χ1v) is 6.73. The highest BCUT2D eigenvalue weighted by atomic mass is 35.5. The number of carbonyl (C=O) groups is 1. The molecule has 0 spiro atoms. The molecule has 0 radical (unpaired) electrons. The first-order valence-electron chi connectivity index (χ1n) is 5.97. The zero-order chi connectivity index (χ0) is 13.8. The van der Waals surface area contributed by atoms with E-state index >= 15 is 0 Å². The van der Waals surface area contributed by atoms with E-state index in [4.69, 9.17) is 27.9 Å². The fourth-order valence-corrected chi connectivity index (χ4v) is 2.28. The van der Waals surface area contributed by atoms with Crippen LogP contribution in [0.4, 0.5) is 0 Å². The van der Waals surface area contributed by atoms with Crippen LogP contribution in [0.15, 0.2) is 35.5 Å². The third kappa shape index (κ3) is 3.37. The zero-order valence-corrected chi connectivity index (χ0v) is 11.9. The molecule has 1 aromatic rings. The number of allylic oxidation sites excluding steroid dienone is 3. The van der Waals surface area contributed by atoms with Crippen molar-refractivity contribution in [3.8, 4) is 0 Å². The maximum absolute atomic E-state index is 12.0. The lowest BCUT2D eigenvalue weighted by atomic mass is 9.87. The van der Waals surface area contributed by atoms with E-state index < -0.39 is 0 Å². The molecule has 0 fully saturated rings. The van der Waals surface area contributed by atoms with Crippen LogP contribution >= 0.6 is 23.2 Å². The minimum Gasteiger partial charge on any atom is -0.466 e. The maximum atomic E-state index is 12.0. The van der Waals surface area contributed by atoms with Gasteiger partial charge in [0.25, 0.3) is 0 Å². The number of hydrogen-bond donors (Lipinski definition) is 0. The average molecular weight is 298 g/mol. The Balaban J connectivity index is 2.34. The van der Waals surface area contributed by atoms with Crippen LogP contribution in [-0.2, 0) is 9.53 Å². The molecule has 1 aromatic heterocycles. The number of hydrogen-bond acceptors (Lipinski definition) is 3. The van der Waals surface area contributed by atoms with Crippen molar-refractivity contribution < 1.29 is 9.53 Å². The average Bonchev–Trinajstić information content (AvgIpc) is 2.39. The van der Waals surface area contributed by atoms with Crippen LogP contribution in [0.2, 0.25) is 5.15 Å². The molecule has 100 valence electrons. The largest absolute Gasteiger partial charge is 0.466 e. The Morgan fingerprint density at radius 2 is 2.26 bits per heavy atom. The van der Waals surface area contributed by atoms with Crippen molar-refractivity contribution in [2.45, 2.75) is 13.3 Å². The van der Waals surface area contributed by atoms with Crippen molar-refractivity contribution in [2.75, 3.05) is 6.61 Å². The minimum atomic E-state index is -0.342. The highest BCUT2D eigenvalue weighted by Gasteiger charge is 2.27. The first kappa shape index (κ1) is 14.1. The molecule has 1 heterocycles. The van der Waals surface area contributed by atoms with Gasteiger partial charge < -0.3 is 4.74 Å². The van der Waals surface area contributed by atoms with Gasteiger partial charge in [0.2, 0.25) is 0 Å². The van der Waals surface area contributed by atoms with Gasteiger partial charge in [0, 0.05) is 11.2 Å². The molecule has 5 heteroatoms. The van der Waals surface area contributed by atoms with Gasteiger partial charge in [-0.15, -0.1) is 0 Å². The highest BCUT2D eigenvalue weighted by molar-refractivity contribution is 6.32. The van der Waals surface area contributed by atoms with Crippen LogP contribution in [0.3, 0.4) is 0 Å². The zero-order valence-electron chi connectivity index (χ0n) is 10.4. The van der Waals surface area contributed by atoms with Gasteiger partial charge in [0.1, 0.15) is 5.15 Å². The van der Waals surface area contributed by atoms with Gasteiger partial charge in [-0.25, -0.2) is 4.98 Å². The molecule has 1 unspecified atom stereocenters. The number of rotatable bonds is 3. The van der Waals surface area contributed by atoms with Crippen molar-refractivity contribution in [3.05, 3.63) is 46.2 Å². The summed E-state index contributed by atoms with van der Waals surface area (Å²) in [5.41, 5.74) is 1.64. The second-order valence-electron chi connectivity index (χ2n) is 4.10. The van der Waals surface area contributed by atoms with Crippen molar-refractivity contribution in [1.29, 1.82) is 0 Å². The summed E-state index contributed by atoms with van der Waals surface area (Å²) in [6.45, 7) is 2.15. The number of nitrogens with zero attached hydrogens (tertiary/aromatic N) is 1. The Hall–Kier alpha value is -1.32. The lowest BCUT2D eigenvalue weighted by Gasteiger charge is -2.21. The van der Waals surface area contributed by atoms with E-state index in [0.717, 1.165) is 11.1 Å². The summed E-state index contributed by atoms with van der Waals surface area (Å²) in [7, 11) is 0. The number of aromatic nitrogens is 1. The Morgan fingerprint density at radius 3 is 2.89 bits per heavy atom. The fourth-order valence-electron chi connectivity index (χ4n) is 1.96. The number of halogens is 2. The van der Waals surface area contributed by atoms with Gasteiger partial charge in [-0.1, -0.05) is 35.3 Å². The van der Waals surface area contributed by atoms with Crippen molar-refractivity contribution in [1.82, 2.24) is 4.98 Å². The molecule has 0 aliphatic heterocycles. The third-order valence-electron chi connectivity index (χ3n) is 2.85. The van der Waals surface area contributed by atoms with Gasteiger partial charge in [0.05, 0.1) is 12.5 Å². The van der Waals surface area contributed by atoms with Gasteiger partial charge in [-0.05, 0) is 36.6 Å². The van der Waals surface area contributed by atoms with Gasteiger partial charge in [0.15, 0.2) is 0 Å². The van der Waals surface area contributed by atoms with Crippen LogP contribution in [0, 0.1) is 5.92 Å². The molecular formula is C14H13Cl2NO2. The van der Waals surface area contributed by atoms with Crippen LogP contribution in [-0.4, -0.2) is 17.6 Å². The molecule has 19 heavy (non-hydrogen) atoms. The van der Waals surface area contributed by atoms with E-state index in [1.165, 1.54) is 0 Å². The summed E-state index contributed by atoms with van der Waals surface area (Å²) in [6.07, 6.45) is 5.76. The summed E-state index contributed by atoms with van der Waals surface area (Å²) in [5.74, 6) is -0.588. The molecule has 0 bridgehead atoms. The predicted molar refractivity (Wildman–Crippen MR) is 75.9 cm³/mol. The standard InChI is InChI=1S/C14H13Cl2NO2/c1-2-19-14(18)11-5-4-10(15)7-12(11)9-3-6-13(16)17-8-9/h3-4,6-8,11H,2,5H2,1H3. The molecule has 0 amide bonds. The van der Waals surface area contributed by atoms with Crippen LogP contribution < -0.4 is 0 Å². The molecule has 2 rings (SSSR count). The Kier molecular flexibility index (Phi) is 4.61. The molecular weight excluding hydrogens is 285 g/mol. The molecule has 0 saturated heterocycles. The number of ether oxygens (including phenoxy) is 1. The van der Waals surface area contributed by atoms with E-state index in [2.05, 4.69) is 4.98 Å². The SMILES string of the molecule is CCOC(=O)C1CC=C(Cl)C=C1c1ccc(Cl)nc1. The normalized spacial score (nSPS) is 18.6. The summed E-state index contributed by atoms with van der Waals surface area (Å²) in [6, 6.07) is 3.51. The predicted octanol–water partition coefficient (Wildman–Crippen LogP) is 3.82. The Bertz CT molecular complexity index is 535. The fraction of sp³-hybridized carbons (Fsp3) is 0.286. The van der Waals surface area contributed by atoms with Crippen molar-refractivity contribution >= 4 is 34.7 Å². The van der Waals surface area contributed by atoms with E-state index in [0.29, 0.717) is 23.2 Å². The number of esters is 1. The monoisotopic (exact) mass is 297 g/mol. The quantitative estimate of drug-likeness (QED) is 0.629. The minimum absolute atomic E-state index is 0.246. The first-order chi connectivity index (χ1) is 9.11. The molecule has 1 atom stereocenters. The molecule has 3 nitrogen and oxygen atoms in total. The Morgan fingerprint density at radius 1 is 1.47 bits per heavy atom. The topological polar surface area (TPSA) is 39.2 Å². The van der Waals surface area contributed by atoms with E-state index in [-0.39, 0.29) is 11.9 Å². The highest BCUT2D eigenvalue weighted by Crippen LogP contribution is 2.34. The second-order valence-corrected chi connectivity index (χ2v) is 4.92. The number of pyridine rings is 1. The molecule has 1 aliphatic rings. The number of carbonyl (C=O) groups excluding carboxylic acids is 1. The van der Waals surface area contributed by atoms with Gasteiger partial charge >= 0.3 is 5.97 Å². The second kappa shape index (κ2) is 6.22. The third-order valence-corrected chi connectivity index (χ3v) is 3.34. The van der Waals surface area contributed by atoms with Crippen LogP contribution in [0.5, 0.6) is 0 Å².